The first-order valence-corrected chi connectivity index (χ1v) is 6.91. The molecule has 139 valence electrons. The van der Waals surface area contributed by atoms with Gasteiger partial charge in [0.25, 0.3) is 0 Å². The van der Waals surface area contributed by atoms with Crippen molar-refractivity contribution in [3.05, 3.63) is 6.42 Å². The van der Waals surface area contributed by atoms with E-state index in [9.17, 15) is 44.3 Å². The SMILES string of the molecule is O=C(OCC(F)(F)C(F)(F)C(F)(F)C(F)(F)F)C1CC2C[CH]C1C2. The highest BCUT2D eigenvalue weighted by atomic mass is 19.4. The van der Waals surface area contributed by atoms with E-state index in [4.69, 9.17) is 0 Å². The minimum Gasteiger partial charge on any atom is -0.459 e. The van der Waals surface area contributed by atoms with E-state index in [2.05, 4.69) is 4.74 Å². The molecule has 2 rings (SSSR count). The van der Waals surface area contributed by atoms with Crippen molar-refractivity contribution in [3.63, 3.8) is 0 Å². The molecule has 2 aliphatic carbocycles. The molecule has 0 spiro atoms. The molecule has 2 fully saturated rings. The van der Waals surface area contributed by atoms with Crippen LogP contribution in [-0.2, 0) is 9.53 Å². The lowest BCUT2D eigenvalue weighted by Gasteiger charge is -2.33. The van der Waals surface area contributed by atoms with Crippen LogP contribution in [0.3, 0.4) is 0 Å². The van der Waals surface area contributed by atoms with Crippen molar-refractivity contribution in [2.24, 2.45) is 17.8 Å². The van der Waals surface area contributed by atoms with Gasteiger partial charge in [0.1, 0.15) is 0 Å². The van der Waals surface area contributed by atoms with Crippen LogP contribution >= 0.6 is 0 Å². The second kappa shape index (κ2) is 5.69. The lowest BCUT2D eigenvalue weighted by molar-refractivity contribution is -0.398. The first kappa shape index (κ1) is 19.2. The molecule has 2 bridgehead atoms. The predicted molar refractivity (Wildman–Crippen MR) is 60.5 cm³/mol. The second-order valence-corrected chi connectivity index (χ2v) is 6.04. The zero-order valence-corrected chi connectivity index (χ0v) is 11.9. The third-order valence-electron chi connectivity index (χ3n) is 4.39. The van der Waals surface area contributed by atoms with Crippen LogP contribution in [-0.4, -0.2) is 36.5 Å². The van der Waals surface area contributed by atoms with Gasteiger partial charge in [-0.25, -0.2) is 0 Å². The molecular formula is C13H12F9O2. The van der Waals surface area contributed by atoms with Crippen molar-refractivity contribution < 1.29 is 49.0 Å². The summed E-state index contributed by atoms with van der Waals surface area (Å²) in [5.41, 5.74) is 0. The molecule has 0 N–H and O–H groups in total. The summed E-state index contributed by atoms with van der Waals surface area (Å²) in [6.45, 7) is -2.56. The fraction of sp³-hybridized carbons (Fsp3) is 0.846. The van der Waals surface area contributed by atoms with Crippen LogP contribution in [0.4, 0.5) is 39.5 Å². The summed E-state index contributed by atoms with van der Waals surface area (Å²) in [4.78, 5) is 11.6. The van der Waals surface area contributed by atoms with E-state index in [0.717, 1.165) is 0 Å². The number of fused-ring (bicyclic) bond motifs is 2. The number of hydrogen-bond acceptors (Lipinski definition) is 2. The Morgan fingerprint density at radius 1 is 0.958 bits per heavy atom. The van der Waals surface area contributed by atoms with E-state index in [1.807, 2.05) is 0 Å². The molecule has 2 saturated carbocycles. The summed E-state index contributed by atoms with van der Waals surface area (Å²) in [7, 11) is 0. The monoisotopic (exact) mass is 371 g/mol. The second-order valence-electron chi connectivity index (χ2n) is 6.04. The average molecular weight is 371 g/mol. The Bertz CT molecular complexity index is 500. The Kier molecular flexibility index (Phi) is 4.54. The molecule has 2 aliphatic rings. The van der Waals surface area contributed by atoms with E-state index < -0.39 is 42.4 Å². The number of carbonyl (C=O) groups is 1. The van der Waals surface area contributed by atoms with Gasteiger partial charge in [0, 0.05) is 0 Å². The molecule has 0 aliphatic heterocycles. The van der Waals surface area contributed by atoms with Crippen LogP contribution in [0.15, 0.2) is 0 Å². The predicted octanol–water partition coefficient (Wildman–Crippen LogP) is 4.25. The van der Waals surface area contributed by atoms with Crippen LogP contribution in [0.2, 0.25) is 0 Å². The molecular weight excluding hydrogens is 359 g/mol. The minimum absolute atomic E-state index is 0.129. The third-order valence-corrected chi connectivity index (χ3v) is 4.39. The smallest absolute Gasteiger partial charge is 0.459 e. The lowest BCUT2D eigenvalue weighted by Crippen LogP contribution is -2.62. The van der Waals surface area contributed by atoms with Crippen LogP contribution < -0.4 is 0 Å². The topological polar surface area (TPSA) is 26.3 Å². The fourth-order valence-electron chi connectivity index (χ4n) is 3.04. The Balaban J connectivity index is 2.03. The number of hydrogen-bond donors (Lipinski definition) is 0. The number of ether oxygens (including phenoxy) is 1. The number of alkyl halides is 9. The van der Waals surface area contributed by atoms with Crippen molar-refractivity contribution in [1.29, 1.82) is 0 Å². The molecule has 2 nitrogen and oxygen atoms in total. The summed E-state index contributed by atoms with van der Waals surface area (Å²) in [6, 6.07) is 0. The maximum Gasteiger partial charge on any atom is 0.460 e. The summed E-state index contributed by atoms with van der Waals surface area (Å²) >= 11 is 0. The Morgan fingerprint density at radius 2 is 1.54 bits per heavy atom. The maximum atomic E-state index is 13.2. The Morgan fingerprint density at radius 3 is 1.96 bits per heavy atom. The molecule has 11 heteroatoms. The summed E-state index contributed by atoms with van der Waals surface area (Å²) in [5, 5.41) is 0. The Hall–Kier alpha value is -1.16. The molecule has 0 amide bonds. The third kappa shape index (κ3) is 2.94. The van der Waals surface area contributed by atoms with Crippen LogP contribution in [0.1, 0.15) is 19.3 Å². The summed E-state index contributed by atoms with van der Waals surface area (Å²) < 4.78 is 118. The molecule has 1 radical (unpaired) electrons. The van der Waals surface area contributed by atoms with Crippen molar-refractivity contribution in [3.8, 4) is 0 Å². The average Bonchev–Trinajstić information content (AvgIpc) is 3.05. The van der Waals surface area contributed by atoms with Gasteiger partial charge in [-0.3, -0.25) is 4.79 Å². The number of carbonyl (C=O) groups excluding carboxylic acids is 1. The van der Waals surface area contributed by atoms with Crippen LogP contribution in [0, 0.1) is 24.2 Å². The largest absolute Gasteiger partial charge is 0.460 e. The van der Waals surface area contributed by atoms with Crippen molar-refractivity contribution >= 4 is 5.97 Å². The molecule has 0 aromatic carbocycles. The Labute approximate surface area is 130 Å². The normalized spacial score (nSPS) is 28.3. The van der Waals surface area contributed by atoms with E-state index in [0.29, 0.717) is 12.8 Å². The van der Waals surface area contributed by atoms with Gasteiger partial charge in [-0.05, 0) is 37.5 Å². The molecule has 3 unspecified atom stereocenters. The number of esters is 1. The number of rotatable bonds is 5. The van der Waals surface area contributed by atoms with E-state index >= 15 is 0 Å². The molecule has 3 atom stereocenters. The highest BCUT2D eigenvalue weighted by molar-refractivity contribution is 5.73. The van der Waals surface area contributed by atoms with Gasteiger partial charge in [-0.1, -0.05) is 0 Å². The quantitative estimate of drug-likeness (QED) is 0.534. The first-order valence-electron chi connectivity index (χ1n) is 6.91. The minimum atomic E-state index is -6.98. The molecule has 0 heterocycles. The standard InChI is InChI=1S/C13H12F9O2/c14-10(15,11(16,17)12(18,19)13(20,21)22)5-24-9(23)8-4-6-1-2-7(8)3-6/h2,6-8H,1,3-5H2. The number of halogens is 9. The zero-order valence-electron chi connectivity index (χ0n) is 11.9. The van der Waals surface area contributed by atoms with Gasteiger partial charge in [-0.15, -0.1) is 0 Å². The summed E-state index contributed by atoms with van der Waals surface area (Å²) in [6.07, 6.45) is -3.56. The highest BCUT2D eigenvalue weighted by Gasteiger charge is 2.82. The van der Waals surface area contributed by atoms with Crippen LogP contribution in [0.25, 0.3) is 0 Å². The van der Waals surface area contributed by atoms with Crippen LogP contribution in [0.5, 0.6) is 0 Å². The zero-order chi connectivity index (χ0) is 18.6. The lowest BCUT2D eigenvalue weighted by atomic mass is 9.89. The van der Waals surface area contributed by atoms with Gasteiger partial charge in [-0.2, -0.15) is 39.5 Å². The van der Waals surface area contributed by atoms with Gasteiger partial charge in [0.15, 0.2) is 6.61 Å². The van der Waals surface area contributed by atoms with Gasteiger partial charge in [0.05, 0.1) is 5.92 Å². The molecule has 0 saturated heterocycles. The fourth-order valence-corrected chi connectivity index (χ4v) is 3.04. The van der Waals surface area contributed by atoms with Crippen molar-refractivity contribution in [1.82, 2.24) is 0 Å². The molecule has 24 heavy (non-hydrogen) atoms. The van der Waals surface area contributed by atoms with Gasteiger partial charge in [0.2, 0.25) is 0 Å². The van der Waals surface area contributed by atoms with Crippen molar-refractivity contribution in [2.75, 3.05) is 6.61 Å². The molecule has 0 aromatic heterocycles. The maximum absolute atomic E-state index is 13.2. The van der Waals surface area contributed by atoms with E-state index in [-0.39, 0.29) is 18.3 Å². The van der Waals surface area contributed by atoms with Gasteiger partial charge >= 0.3 is 29.9 Å². The first-order chi connectivity index (χ1) is 10.7. The summed E-state index contributed by atoms with van der Waals surface area (Å²) in [5.74, 6) is -21.9. The van der Waals surface area contributed by atoms with Gasteiger partial charge < -0.3 is 4.74 Å². The molecule has 0 aromatic rings. The van der Waals surface area contributed by atoms with E-state index in [1.54, 1.807) is 6.42 Å². The van der Waals surface area contributed by atoms with E-state index in [1.165, 1.54) is 0 Å². The van der Waals surface area contributed by atoms with Crippen molar-refractivity contribution in [2.45, 2.75) is 43.2 Å². The highest BCUT2D eigenvalue weighted by Crippen LogP contribution is 2.53.